The molecule has 29 heavy (non-hydrogen) atoms. The molecule has 156 valence electrons. The highest BCUT2D eigenvalue weighted by atomic mass is 15.4. The predicted molar refractivity (Wildman–Crippen MR) is 114 cm³/mol. The molecule has 6 N–H and O–H groups in total. The molecule has 0 unspecified atom stereocenters. The van der Waals surface area contributed by atoms with Gasteiger partial charge in [0.2, 0.25) is 17.8 Å². The molecule has 4 heterocycles. The van der Waals surface area contributed by atoms with E-state index < -0.39 is 0 Å². The maximum absolute atomic E-state index is 6.20. The van der Waals surface area contributed by atoms with E-state index in [4.69, 9.17) is 32.2 Å². The Morgan fingerprint density at radius 1 is 0.931 bits per heavy atom. The lowest BCUT2D eigenvalue weighted by molar-refractivity contribution is 0.446. The number of nitrogens with zero attached hydrogens (tertiary/aromatic N) is 7. The molecule has 2 aliphatic rings. The summed E-state index contributed by atoms with van der Waals surface area (Å²) in [5.74, 6) is 2.53. The smallest absolute Gasteiger partial charge is 0.237 e. The number of piperidine rings is 2. The van der Waals surface area contributed by atoms with Gasteiger partial charge in [0, 0.05) is 57.5 Å². The first-order valence-electron chi connectivity index (χ1n) is 10.2. The molecular formula is C19H30N10. The minimum absolute atomic E-state index is 0.000608. The third kappa shape index (κ3) is 4.55. The largest absolute Gasteiger partial charge is 0.339 e. The van der Waals surface area contributed by atoms with Gasteiger partial charge in [-0.25, -0.2) is 4.98 Å². The summed E-state index contributed by atoms with van der Waals surface area (Å²) in [6.07, 6.45) is 4.59. The fraction of sp³-hybridized carbons (Fsp3) is 0.579. The van der Waals surface area contributed by atoms with E-state index in [0.717, 1.165) is 38.2 Å². The van der Waals surface area contributed by atoms with Crippen molar-refractivity contribution >= 4 is 23.7 Å². The molecule has 0 bridgehead atoms. The summed E-state index contributed by atoms with van der Waals surface area (Å²) < 4.78 is 0. The minimum atomic E-state index is -0.000608. The number of aromatic nitrogens is 4. The van der Waals surface area contributed by atoms with E-state index in [2.05, 4.69) is 14.8 Å². The van der Waals surface area contributed by atoms with Crippen LogP contribution in [-0.4, -0.2) is 71.3 Å². The van der Waals surface area contributed by atoms with Crippen LogP contribution < -0.4 is 31.9 Å². The lowest BCUT2D eigenvalue weighted by Crippen LogP contribution is -2.53. The Morgan fingerprint density at radius 2 is 1.62 bits per heavy atom. The van der Waals surface area contributed by atoms with E-state index >= 15 is 0 Å². The SMILES string of the molecule is CN(c1ccccn1)c1nc(N2CCC[C@H](N)C2)nc(N2C[C@H](N)C[C@H](N)C2)n1. The molecule has 0 amide bonds. The summed E-state index contributed by atoms with van der Waals surface area (Å²) in [7, 11) is 1.90. The van der Waals surface area contributed by atoms with Gasteiger partial charge in [-0.05, 0) is 31.4 Å². The second-order valence-electron chi connectivity index (χ2n) is 7.99. The first kappa shape index (κ1) is 19.7. The second kappa shape index (κ2) is 8.44. The van der Waals surface area contributed by atoms with Crippen LogP contribution in [-0.2, 0) is 0 Å². The molecular weight excluding hydrogens is 368 g/mol. The van der Waals surface area contributed by atoms with Crippen LogP contribution in [0.15, 0.2) is 24.4 Å². The van der Waals surface area contributed by atoms with Gasteiger partial charge in [0.05, 0.1) is 0 Å². The first-order valence-corrected chi connectivity index (χ1v) is 10.2. The lowest BCUT2D eigenvalue weighted by atomic mass is 10.0. The Hall–Kier alpha value is -2.56. The Bertz CT molecular complexity index is 806. The summed E-state index contributed by atoms with van der Waals surface area (Å²) in [5, 5.41) is 0. The zero-order chi connectivity index (χ0) is 20.4. The normalized spacial score (nSPS) is 25.2. The number of anilines is 4. The third-order valence-electron chi connectivity index (χ3n) is 5.43. The average Bonchev–Trinajstić information content (AvgIpc) is 2.73. The molecule has 0 spiro atoms. The number of pyridine rings is 1. The quantitative estimate of drug-likeness (QED) is 0.636. The summed E-state index contributed by atoms with van der Waals surface area (Å²) in [5.41, 5.74) is 18.6. The second-order valence-corrected chi connectivity index (χ2v) is 7.99. The molecule has 2 fully saturated rings. The van der Waals surface area contributed by atoms with Gasteiger partial charge in [-0.3, -0.25) is 4.90 Å². The zero-order valence-corrected chi connectivity index (χ0v) is 16.9. The van der Waals surface area contributed by atoms with Gasteiger partial charge in [-0.1, -0.05) is 6.07 Å². The highest BCUT2D eigenvalue weighted by Crippen LogP contribution is 2.25. The standard InChI is InChI=1S/C19H30N10/c1-27(16-6-2-3-7-23-16)17-24-18(28-8-4-5-13(20)10-28)26-19(25-17)29-11-14(21)9-15(22)12-29/h2-3,6-7,13-15H,4-5,8-12,20-22H2,1H3/t13-,14-,15+/m0/s1. The molecule has 0 radical (unpaired) electrons. The molecule has 10 heteroatoms. The van der Waals surface area contributed by atoms with Gasteiger partial charge in [-0.15, -0.1) is 0 Å². The Morgan fingerprint density at radius 3 is 2.28 bits per heavy atom. The summed E-state index contributed by atoms with van der Waals surface area (Å²) in [6.45, 7) is 2.95. The van der Waals surface area contributed by atoms with Crippen LogP contribution in [0, 0.1) is 0 Å². The van der Waals surface area contributed by atoms with Gasteiger partial charge in [0.15, 0.2) is 0 Å². The Balaban J connectivity index is 1.71. The molecule has 0 aromatic carbocycles. The fourth-order valence-electron chi connectivity index (χ4n) is 3.96. The highest BCUT2D eigenvalue weighted by Gasteiger charge is 2.27. The maximum atomic E-state index is 6.20. The topological polar surface area (TPSA) is 139 Å². The molecule has 2 aromatic rings. The van der Waals surface area contributed by atoms with Gasteiger partial charge in [0.25, 0.3) is 0 Å². The zero-order valence-electron chi connectivity index (χ0n) is 16.9. The van der Waals surface area contributed by atoms with E-state index in [1.54, 1.807) is 6.20 Å². The first-order chi connectivity index (χ1) is 14.0. The van der Waals surface area contributed by atoms with Crippen molar-refractivity contribution in [1.82, 2.24) is 19.9 Å². The van der Waals surface area contributed by atoms with Crippen LogP contribution in [0.25, 0.3) is 0 Å². The van der Waals surface area contributed by atoms with Crippen molar-refractivity contribution in [2.75, 3.05) is 47.9 Å². The summed E-state index contributed by atoms with van der Waals surface area (Å²) >= 11 is 0. The Kier molecular flexibility index (Phi) is 5.74. The summed E-state index contributed by atoms with van der Waals surface area (Å²) in [6, 6.07) is 5.87. The van der Waals surface area contributed by atoms with Crippen molar-refractivity contribution in [3.63, 3.8) is 0 Å². The van der Waals surface area contributed by atoms with Crippen molar-refractivity contribution in [2.24, 2.45) is 17.2 Å². The maximum Gasteiger partial charge on any atom is 0.237 e. The fourth-order valence-corrected chi connectivity index (χ4v) is 3.96. The number of nitrogens with two attached hydrogens (primary N) is 3. The molecule has 2 aromatic heterocycles. The number of rotatable bonds is 4. The number of hydrogen-bond donors (Lipinski definition) is 3. The predicted octanol–water partition coefficient (Wildman–Crippen LogP) is -0.173. The van der Waals surface area contributed by atoms with Crippen molar-refractivity contribution < 1.29 is 0 Å². The molecule has 0 saturated carbocycles. The van der Waals surface area contributed by atoms with Crippen molar-refractivity contribution in [3.8, 4) is 0 Å². The van der Waals surface area contributed by atoms with Crippen molar-refractivity contribution in [1.29, 1.82) is 0 Å². The van der Waals surface area contributed by atoms with Crippen LogP contribution in [0.3, 0.4) is 0 Å². The molecule has 4 rings (SSSR count). The van der Waals surface area contributed by atoms with Gasteiger partial charge >= 0.3 is 0 Å². The third-order valence-corrected chi connectivity index (χ3v) is 5.43. The van der Waals surface area contributed by atoms with E-state index in [1.807, 2.05) is 30.1 Å². The molecule has 0 aliphatic carbocycles. The average molecular weight is 399 g/mol. The van der Waals surface area contributed by atoms with Gasteiger partial charge < -0.3 is 27.0 Å². The van der Waals surface area contributed by atoms with Crippen molar-refractivity contribution in [3.05, 3.63) is 24.4 Å². The van der Waals surface area contributed by atoms with Crippen LogP contribution in [0.4, 0.5) is 23.7 Å². The Labute approximate surface area is 171 Å². The van der Waals surface area contributed by atoms with E-state index in [0.29, 0.717) is 30.9 Å². The molecule has 3 atom stereocenters. The lowest BCUT2D eigenvalue weighted by Gasteiger charge is -2.36. The highest BCUT2D eigenvalue weighted by molar-refractivity contribution is 5.55. The van der Waals surface area contributed by atoms with Crippen LogP contribution in [0.1, 0.15) is 19.3 Å². The molecule has 2 saturated heterocycles. The monoisotopic (exact) mass is 398 g/mol. The van der Waals surface area contributed by atoms with E-state index in [-0.39, 0.29) is 18.1 Å². The minimum Gasteiger partial charge on any atom is -0.339 e. The van der Waals surface area contributed by atoms with Crippen LogP contribution in [0.5, 0.6) is 0 Å². The van der Waals surface area contributed by atoms with E-state index in [1.165, 1.54) is 0 Å². The van der Waals surface area contributed by atoms with Gasteiger partial charge in [-0.2, -0.15) is 15.0 Å². The summed E-state index contributed by atoms with van der Waals surface area (Å²) in [4.78, 5) is 24.7. The molecule has 2 aliphatic heterocycles. The van der Waals surface area contributed by atoms with Crippen LogP contribution >= 0.6 is 0 Å². The molecule has 10 nitrogen and oxygen atoms in total. The van der Waals surface area contributed by atoms with E-state index in [9.17, 15) is 0 Å². The van der Waals surface area contributed by atoms with Gasteiger partial charge in [0.1, 0.15) is 5.82 Å². The number of hydrogen-bond acceptors (Lipinski definition) is 10. The van der Waals surface area contributed by atoms with Crippen molar-refractivity contribution in [2.45, 2.75) is 37.4 Å². The van der Waals surface area contributed by atoms with Crippen LogP contribution in [0.2, 0.25) is 0 Å².